The van der Waals surface area contributed by atoms with Gasteiger partial charge in [-0.05, 0) is 74.1 Å². The number of amides is 2. The van der Waals surface area contributed by atoms with Crippen LogP contribution in [0, 0.1) is 25.5 Å². The summed E-state index contributed by atoms with van der Waals surface area (Å²) in [7, 11) is -3.35. The Kier molecular flexibility index (Phi) is 12.3. The first-order valence-electron chi connectivity index (χ1n) is 16.1. The summed E-state index contributed by atoms with van der Waals surface area (Å²) < 4.78 is 63.2. The third kappa shape index (κ3) is 9.34. The minimum absolute atomic E-state index is 0.0383. The number of hydrogen-bond acceptors (Lipinski definition) is 4. The van der Waals surface area contributed by atoms with Crippen molar-refractivity contribution in [1.82, 2.24) is 9.79 Å². The lowest BCUT2D eigenvalue weighted by Gasteiger charge is -2.21. The van der Waals surface area contributed by atoms with Gasteiger partial charge in [0.2, 0.25) is 5.91 Å². The van der Waals surface area contributed by atoms with Crippen molar-refractivity contribution < 1.29 is 31.7 Å². The normalized spacial score (nSPS) is 15.0. The fraction of sp³-hybridized carbons (Fsp3) is 0.400. The summed E-state index contributed by atoms with van der Waals surface area (Å²) in [6.07, 6.45) is 6.12. The monoisotopic (exact) mass is 682 g/mol. The van der Waals surface area contributed by atoms with Gasteiger partial charge in [-0.25, -0.2) is 8.78 Å². The molecule has 2 aromatic carbocycles. The van der Waals surface area contributed by atoms with Gasteiger partial charge in [0.05, 0.1) is 20.7 Å². The molecule has 1 aliphatic heterocycles. The third-order valence-corrected chi connectivity index (χ3v) is 10.3. The highest BCUT2D eigenvalue weighted by molar-refractivity contribution is 6.88. The summed E-state index contributed by atoms with van der Waals surface area (Å²) in [5.41, 5.74) is 4.08. The molecule has 13 heteroatoms. The Labute approximate surface area is 281 Å². The van der Waals surface area contributed by atoms with E-state index in [4.69, 9.17) is 4.74 Å². The number of unbranched alkanes of at least 4 members (excludes halogenated alkanes) is 1. The van der Waals surface area contributed by atoms with Gasteiger partial charge >= 0.3 is 7.40 Å². The molecule has 256 valence electrons. The van der Waals surface area contributed by atoms with E-state index in [1.165, 1.54) is 0 Å². The average molecular weight is 683 g/mol. The molecule has 2 N–H and O–H groups in total. The number of allylic oxidation sites excluding steroid dienone is 1. The van der Waals surface area contributed by atoms with Crippen molar-refractivity contribution in [3.63, 3.8) is 0 Å². The van der Waals surface area contributed by atoms with Gasteiger partial charge < -0.3 is 19.8 Å². The van der Waals surface area contributed by atoms with Crippen molar-refractivity contribution in [2.75, 3.05) is 12.4 Å². The quantitative estimate of drug-likeness (QED) is 0.105. The lowest BCUT2D eigenvalue weighted by atomic mass is 10.0. The summed E-state index contributed by atoms with van der Waals surface area (Å²) >= 11 is 0. The van der Waals surface area contributed by atoms with Crippen LogP contribution in [0.2, 0.25) is 19.6 Å². The molecular formula is C35H43BF4N4O3Si. The highest BCUT2D eigenvalue weighted by Crippen LogP contribution is 2.23. The number of nitrogens with zero attached hydrogens (tertiary/aromatic N) is 2. The fourth-order valence-corrected chi connectivity index (χ4v) is 7.63. The van der Waals surface area contributed by atoms with Crippen molar-refractivity contribution in [2.24, 2.45) is 4.99 Å². The van der Waals surface area contributed by atoms with E-state index in [2.05, 4.69) is 15.6 Å². The Balaban J connectivity index is 1.37. The maximum atomic E-state index is 14.9. The number of halogens is 4. The Bertz CT molecular complexity index is 1660. The van der Waals surface area contributed by atoms with Crippen LogP contribution in [0.1, 0.15) is 59.8 Å². The smallest absolute Gasteiger partial charge is 0.380 e. The van der Waals surface area contributed by atoms with Crippen LogP contribution in [0.15, 0.2) is 59.6 Å². The lowest BCUT2D eigenvalue weighted by Crippen LogP contribution is -2.42. The number of aryl methyl sites for hydroxylation is 2. The van der Waals surface area contributed by atoms with E-state index >= 15 is 0 Å². The van der Waals surface area contributed by atoms with E-state index in [9.17, 15) is 27.0 Å². The van der Waals surface area contributed by atoms with Gasteiger partial charge in [0.25, 0.3) is 5.91 Å². The SMILES string of the molecule is COCc1ccc(C(NC(=O)CCCCC2=NC(Cc3c(C)cc(C)n3B(F)F)C=C2)C(=O)Nc2cc(F)c([Si](C)(C)C)c(F)c2)cc1. The molecule has 0 aliphatic carbocycles. The molecule has 1 aliphatic rings. The van der Waals surface area contributed by atoms with Crippen molar-refractivity contribution in [2.45, 2.75) is 84.3 Å². The summed E-state index contributed by atoms with van der Waals surface area (Å²) in [5, 5.41) is 5.42. The molecule has 1 aromatic heterocycles. The number of benzene rings is 2. The van der Waals surface area contributed by atoms with Gasteiger partial charge in [-0.15, -0.1) is 0 Å². The number of hydrogen-bond donors (Lipinski definition) is 2. The molecule has 0 fully saturated rings. The van der Waals surface area contributed by atoms with E-state index in [-0.39, 0.29) is 29.2 Å². The number of methoxy groups -OCH3 is 1. The highest BCUT2D eigenvalue weighted by Gasteiger charge is 2.28. The van der Waals surface area contributed by atoms with Crippen LogP contribution in [0.5, 0.6) is 0 Å². The lowest BCUT2D eigenvalue weighted by molar-refractivity contribution is -0.126. The zero-order chi connectivity index (χ0) is 35.2. The first-order chi connectivity index (χ1) is 22.7. The van der Waals surface area contributed by atoms with Gasteiger partial charge in [-0.1, -0.05) is 50.0 Å². The number of carbonyl (C=O) groups excluding carboxylic acids is 2. The minimum Gasteiger partial charge on any atom is -0.380 e. The number of ether oxygens (including phenoxy) is 1. The van der Waals surface area contributed by atoms with Crippen LogP contribution < -0.4 is 15.8 Å². The maximum Gasteiger partial charge on any atom is 0.677 e. The molecule has 2 amide bonds. The summed E-state index contributed by atoms with van der Waals surface area (Å²) in [4.78, 5) is 31.2. The van der Waals surface area contributed by atoms with Crippen LogP contribution in [0.3, 0.4) is 0 Å². The summed E-state index contributed by atoms with van der Waals surface area (Å²) in [6.45, 7) is 9.36. The van der Waals surface area contributed by atoms with Crippen LogP contribution in [0.25, 0.3) is 0 Å². The van der Waals surface area contributed by atoms with E-state index in [0.717, 1.165) is 33.4 Å². The van der Waals surface area contributed by atoms with E-state index in [1.807, 2.05) is 38.7 Å². The van der Waals surface area contributed by atoms with E-state index in [1.54, 1.807) is 44.4 Å². The first-order valence-corrected chi connectivity index (χ1v) is 19.6. The van der Waals surface area contributed by atoms with Gasteiger partial charge in [-0.3, -0.25) is 23.2 Å². The molecule has 3 aromatic rings. The zero-order valence-electron chi connectivity index (χ0n) is 28.3. The number of anilines is 1. The molecule has 2 atom stereocenters. The standard InChI is InChI=1S/C35H43BF4N4O3Si/c1-22-17-23(2)44(36(39)40)31(22)20-27-16-15-26(41-27)9-7-8-10-32(45)43-33(25-13-11-24(12-14-25)21-47-3)35(46)42-28-18-29(37)34(30(38)19-28)48(4,5)6/h11-19,27,33H,7-10,20-21H2,1-6H3,(H,42,46)(H,43,45). The number of nitrogens with one attached hydrogen (secondary N) is 2. The predicted octanol–water partition coefficient (Wildman–Crippen LogP) is 6.83. The van der Waals surface area contributed by atoms with Gasteiger partial charge in [-0.2, -0.15) is 0 Å². The third-order valence-electron chi connectivity index (χ3n) is 8.33. The van der Waals surface area contributed by atoms with E-state index in [0.29, 0.717) is 49.2 Å². The molecule has 4 rings (SSSR count). The molecule has 0 bridgehead atoms. The Morgan fingerprint density at radius 2 is 1.71 bits per heavy atom. The Hall–Kier alpha value is -3.97. The highest BCUT2D eigenvalue weighted by atomic mass is 28.3. The Morgan fingerprint density at radius 1 is 1.04 bits per heavy atom. The van der Waals surface area contributed by atoms with Crippen molar-refractivity contribution in [3.05, 3.63) is 94.3 Å². The van der Waals surface area contributed by atoms with Gasteiger partial charge in [0, 0.05) is 47.9 Å². The van der Waals surface area contributed by atoms with Crippen LogP contribution in [0.4, 0.5) is 23.1 Å². The predicted molar refractivity (Wildman–Crippen MR) is 186 cm³/mol. The molecule has 0 saturated carbocycles. The van der Waals surface area contributed by atoms with E-state index < -0.39 is 39.1 Å². The molecule has 0 spiro atoms. The molecule has 0 saturated heterocycles. The van der Waals surface area contributed by atoms with Gasteiger partial charge in [0.15, 0.2) is 0 Å². The van der Waals surface area contributed by atoms with Gasteiger partial charge in [0.1, 0.15) is 17.7 Å². The molecule has 2 unspecified atom stereocenters. The molecule has 48 heavy (non-hydrogen) atoms. The largest absolute Gasteiger partial charge is 0.677 e. The molecule has 7 nitrogen and oxygen atoms in total. The number of aliphatic imine (C=N–C) groups is 1. The molecule has 0 radical (unpaired) electrons. The zero-order valence-corrected chi connectivity index (χ0v) is 29.3. The molecule has 2 heterocycles. The second-order valence-corrected chi connectivity index (χ2v) is 18.3. The fourth-order valence-electron chi connectivity index (χ4n) is 6.06. The Morgan fingerprint density at radius 3 is 2.31 bits per heavy atom. The average Bonchev–Trinajstić information content (AvgIpc) is 3.55. The second kappa shape index (κ2) is 16.0. The molecular weight excluding hydrogens is 639 g/mol. The van der Waals surface area contributed by atoms with Crippen LogP contribution in [-0.4, -0.2) is 50.6 Å². The first kappa shape index (κ1) is 36.9. The number of carbonyl (C=O) groups is 2. The second-order valence-electron chi connectivity index (χ2n) is 13.3. The number of rotatable bonds is 15. The van der Waals surface area contributed by atoms with Crippen LogP contribution in [-0.2, 0) is 27.4 Å². The van der Waals surface area contributed by atoms with Crippen LogP contribution >= 0.6 is 0 Å². The summed E-state index contributed by atoms with van der Waals surface area (Å²) in [5.74, 6) is -2.42. The topological polar surface area (TPSA) is 84.7 Å². The summed E-state index contributed by atoms with van der Waals surface area (Å²) in [6, 6.07) is 9.61. The van der Waals surface area contributed by atoms with Crippen molar-refractivity contribution in [3.8, 4) is 0 Å². The minimum atomic E-state index is -2.61. The van der Waals surface area contributed by atoms with Crippen molar-refractivity contribution >= 4 is 43.9 Å². The van der Waals surface area contributed by atoms with Crippen molar-refractivity contribution in [1.29, 1.82) is 0 Å². The maximum absolute atomic E-state index is 14.9. The number of aromatic nitrogens is 1.